The minimum atomic E-state index is -0.188. The molecule has 0 spiro atoms. The van der Waals surface area contributed by atoms with Gasteiger partial charge in [0.1, 0.15) is 11.5 Å². The first kappa shape index (κ1) is 21.7. The number of ether oxygens (including phenoxy) is 1. The Balaban J connectivity index is 1.40. The molecule has 0 bridgehead atoms. The zero-order valence-corrected chi connectivity index (χ0v) is 18.8. The molecule has 0 atom stereocenters. The lowest BCUT2D eigenvalue weighted by Crippen LogP contribution is -2.18. The van der Waals surface area contributed by atoms with Crippen LogP contribution in [0.2, 0.25) is 5.02 Å². The van der Waals surface area contributed by atoms with Crippen LogP contribution in [0.4, 0.5) is 5.69 Å². The van der Waals surface area contributed by atoms with Crippen LogP contribution in [0.15, 0.2) is 103 Å². The second kappa shape index (κ2) is 9.29. The summed E-state index contributed by atoms with van der Waals surface area (Å²) in [6, 6.07) is 32.7. The zero-order chi connectivity index (χ0) is 22.6. The fourth-order valence-corrected chi connectivity index (χ4v) is 3.63. The third-order valence-corrected chi connectivity index (χ3v) is 5.78. The molecule has 0 heterocycles. The number of hydrogen-bond donors (Lipinski definition) is 1. The van der Waals surface area contributed by atoms with E-state index in [2.05, 4.69) is 55.6 Å². The highest BCUT2D eigenvalue weighted by Gasteiger charge is 2.22. The average Bonchev–Trinajstić information content (AvgIpc) is 2.82. The fourth-order valence-electron chi connectivity index (χ4n) is 3.51. The summed E-state index contributed by atoms with van der Waals surface area (Å²) in [5.41, 5.74) is 3.63. The van der Waals surface area contributed by atoms with Crippen LogP contribution in [0.25, 0.3) is 0 Å². The van der Waals surface area contributed by atoms with Crippen LogP contribution in [-0.2, 0) is 5.41 Å². The number of carbonyl (C=O) groups is 1. The number of hydrogen-bond acceptors (Lipinski definition) is 2. The Labute approximate surface area is 193 Å². The molecule has 0 aliphatic heterocycles. The maximum Gasteiger partial charge on any atom is 0.255 e. The van der Waals surface area contributed by atoms with E-state index < -0.39 is 0 Å². The summed E-state index contributed by atoms with van der Waals surface area (Å²) in [5.74, 6) is 1.27. The monoisotopic (exact) mass is 441 g/mol. The van der Waals surface area contributed by atoms with Gasteiger partial charge in [0.25, 0.3) is 5.91 Å². The van der Waals surface area contributed by atoms with Gasteiger partial charge in [-0.25, -0.2) is 0 Å². The molecule has 160 valence electrons. The van der Waals surface area contributed by atoms with E-state index in [9.17, 15) is 4.79 Å². The highest BCUT2D eigenvalue weighted by Crippen LogP contribution is 2.33. The Kier molecular flexibility index (Phi) is 6.29. The van der Waals surface area contributed by atoms with Crippen molar-refractivity contribution in [1.82, 2.24) is 0 Å². The quantitative estimate of drug-likeness (QED) is 0.332. The van der Waals surface area contributed by atoms with Crippen molar-refractivity contribution >= 4 is 23.2 Å². The van der Waals surface area contributed by atoms with E-state index >= 15 is 0 Å². The first-order valence-electron chi connectivity index (χ1n) is 10.4. The Hall–Kier alpha value is -3.56. The van der Waals surface area contributed by atoms with Gasteiger partial charge in [-0.1, -0.05) is 67.9 Å². The molecule has 0 aromatic heterocycles. The molecule has 0 radical (unpaired) electrons. The molecule has 0 unspecified atom stereocenters. The summed E-state index contributed by atoms with van der Waals surface area (Å²) < 4.78 is 5.98. The van der Waals surface area contributed by atoms with Crippen molar-refractivity contribution in [2.24, 2.45) is 0 Å². The Morgan fingerprint density at radius 2 is 1.25 bits per heavy atom. The predicted molar refractivity (Wildman–Crippen MR) is 131 cm³/mol. The normalized spacial score (nSPS) is 11.1. The molecular formula is C28H24ClNO2. The largest absolute Gasteiger partial charge is 0.457 e. The van der Waals surface area contributed by atoms with Crippen molar-refractivity contribution < 1.29 is 9.53 Å². The Bertz CT molecular complexity index is 1180. The number of halogens is 1. The van der Waals surface area contributed by atoms with Crippen LogP contribution in [0.5, 0.6) is 11.5 Å². The average molecular weight is 442 g/mol. The Morgan fingerprint density at radius 3 is 1.84 bits per heavy atom. The number of rotatable bonds is 6. The smallest absolute Gasteiger partial charge is 0.255 e. The Morgan fingerprint density at radius 1 is 0.719 bits per heavy atom. The van der Waals surface area contributed by atoms with E-state index in [1.807, 2.05) is 42.5 Å². The molecule has 32 heavy (non-hydrogen) atoms. The lowest BCUT2D eigenvalue weighted by molar-refractivity contribution is 0.102. The van der Waals surface area contributed by atoms with Gasteiger partial charge in [-0.3, -0.25) is 4.79 Å². The first-order valence-corrected chi connectivity index (χ1v) is 10.8. The molecule has 0 saturated heterocycles. The summed E-state index contributed by atoms with van der Waals surface area (Å²) >= 11 is 5.87. The lowest BCUT2D eigenvalue weighted by Gasteiger charge is -2.26. The molecule has 4 rings (SSSR count). The van der Waals surface area contributed by atoms with Crippen molar-refractivity contribution in [3.63, 3.8) is 0 Å². The van der Waals surface area contributed by atoms with Crippen LogP contribution >= 0.6 is 11.6 Å². The molecular weight excluding hydrogens is 418 g/mol. The van der Waals surface area contributed by atoms with Crippen LogP contribution < -0.4 is 10.1 Å². The summed E-state index contributed by atoms with van der Waals surface area (Å²) in [4.78, 5) is 12.3. The van der Waals surface area contributed by atoms with E-state index in [1.54, 1.807) is 24.3 Å². The van der Waals surface area contributed by atoms with Crippen LogP contribution in [0.1, 0.15) is 35.3 Å². The van der Waals surface area contributed by atoms with Crippen molar-refractivity contribution in [1.29, 1.82) is 0 Å². The maximum atomic E-state index is 12.3. The summed E-state index contributed by atoms with van der Waals surface area (Å²) in [6.07, 6.45) is 0. The minimum absolute atomic E-state index is 0.0935. The van der Waals surface area contributed by atoms with E-state index in [4.69, 9.17) is 16.3 Å². The second-order valence-corrected chi connectivity index (χ2v) is 8.54. The third-order valence-electron chi connectivity index (χ3n) is 5.53. The van der Waals surface area contributed by atoms with Crippen molar-refractivity contribution in [2.75, 3.05) is 5.32 Å². The summed E-state index contributed by atoms with van der Waals surface area (Å²) in [6.45, 7) is 4.44. The molecule has 3 nitrogen and oxygen atoms in total. The molecule has 4 aromatic rings. The van der Waals surface area contributed by atoms with Crippen LogP contribution in [0, 0.1) is 0 Å². The van der Waals surface area contributed by atoms with E-state index in [-0.39, 0.29) is 11.3 Å². The van der Waals surface area contributed by atoms with E-state index in [0.29, 0.717) is 22.0 Å². The molecule has 0 aliphatic carbocycles. The standard InChI is InChI=1S/C28H24ClNO2/c1-28(2,21-6-4-3-5-7-21)22-10-16-25(17-11-22)32-26-18-14-24(15-19-26)30-27(31)20-8-12-23(29)13-9-20/h3-19H,1-2H3,(H,30,31). The minimum Gasteiger partial charge on any atom is -0.457 e. The number of benzene rings is 4. The number of anilines is 1. The number of nitrogens with one attached hydrogen (secondary N) is 1. The highest BCUT2D eigenvalue weighted by molar-refractivity contribution is 6.30. The van der Waals surface area contributed by atoms with Gasteiger partial charge in [0.15, 0.2) is 0 Å². The van der Waals surface area contributed by atoms with E-state index in [0.717, 1.165) is 5.75 Å². The fraction of sp³-hybridized carbons (Fsp3) is 0.107. The molecule has 1 N–H and O–H groups in total. The van der Waals surface area contributed by atoms with Crippen molar-refractivity contribution in [3.8, 4) is 11.5 Å². The molecule has 0 aliphatic rings. The molecule has 4 aromatic carbocycles. The molecule has 4 heteroatoms. The van der Waals surface area contributed by atoms with Crippen molar-refractivity contribution in [2.45, 2.75) is 19.3 Å². The van der Waals surface area contributed by atoms with Gasteiger partial charge in [0, 0.05) is 21.7 Å². The van der Waals surface area contributed by atoms with Crippen LogP contribution in [-0.4, -0.2) is 5.91 Å². The van der Waals surface area contributed by atoms with Gasteiger partial charge in [0.05, 0.1) is 0 Å². The van der Waals surface area contributed by atoms with Gasteiger partial charge in [-0.15, -0.1) is 0 Å². The predicted octanol–water partition coefficient (Wildman–Crippen LogP) is 7.71. The summed E-state index contributed by atoms with van der Waals surface area (Å²) in [5, 5.41) is 3.47. The van der Waals surface area contributed by atoms with Gasteiger partial charge >= 0.3 is 0 Å². The summed E-state index contributed by atoms with van der Waals surface area (Å²) in [7, 11) is 0. The number of carbonyl (C=O) groups excluding carboxylic acids is 1. The van der Waals surface area contributed by atoms with Gasteiger partial charge in [-0.2, -0.15) is 0 Å². The topological polar surface area (TPSA) is 38.3 Å². The SMILES string of the molecule is CC(C)(c1ccccc1)c1ccc(Oc2ccc(NC(=O)c3ccc(Cl)cc3)cc2)cc1. The van der Waals surface area contributed by atoms with Gasteiger partial charge < -0.3 is 10.1 Å². The second-order valence-electron chi connectivity index (χ2n) is 8.10. The molecule has 0 saturated carbocycles. The molecule has 0 fully saturated rings. The third kappa shape index (κ3) is 5.01. The van der Waals surface area contributed by atoms with Gasteiger partial charge in [0.2, 0.25) is 0 Å². The number of amides is 1. The first-order chi connectivity index (χ1) is 15.4. The van der Waals surface area contributed by atoms with Gasteiger partial charge in [-0.05, 0) is 71.8 Å². The van der Waals surface area contributed by atoms with E-state index in [1.165, 1.54) is 11.1 Å². The van der Waals surface area contributed by atoms with Crippen LogP contribution in [0.3, 0.4) is 0 Å². The highest BCUT2D eigenvalue weighted by atomic mass is 35.5. The molecule has 1 amide bonds. The van der Waals surface area contributed by atoms with Crippen molar-refractivity contribution in [3.05, 3.63) is 125 Å². The zero-order valence-electron chi connectivity index (χ0n) is 18.0. The lowest BCUT2D eigenvalue weighted by atomic mass is 9.78. The maximum absolute atomic E-state index is 12.3.